The highest BCUT2D eigenvalue weighted by Gasteiger charge is 2.31. The van der Waals surface area contributed by atoms with E-state index in [4.69, 9.17) is 4.74 Å². The Morgan fingerprint density at radius 3 is 2.74 bits per heavy atom. The Hall–Kier alpha value is -2.17. The van der Waals surface area contributed by atoms with Gasteiger partial charge < -0.3 is 4.74 Å². The maximum absolute atomic E-state index is 11.9. The predicted octanol–water partition coefficient (Wildman–Crippen LogP) is 1.92. The first kappa shape index (κ1) is 13.3. The van der Waals surface area contributed by atoms with Gasteiger partial charge in [0.2, 0.25) is 0 Å². The molecule has 2 rings (SSSR count). The van der Waals surface area contributed by atoms with E-state index < -0.39 is 17.8 Å². The van der Waals surface area contributed by atoms with Crippen molar-refractivity contribution in [2.45, 2.75) is 26.2 Å². The summed E-state index contributed by atoms with van der Waals surface area (Å²) < 4.78 is 5.11. The molecule has 0 unspecified atom stereocenters. The van der Waals surface area contributed by atoms with Gasteiger partial charge in [-0.25, -0.2) is 4.79 Å². The molecule has 5 heteroatoms. The van der Waals surface area contributed by atoms with Crippen molar-refractivity contribution in [2.75, 3.05) is 6.61 Å². The molecule has 100 valence electrons. The number of benzene rings is 1. The van der Waals surface area contributed by atoms with Crippen molar-refractivity contribution in [3.63, 3.8) is 0 Å². The van der Waals surface area contributed by atoms with Crippen LogP contribution in [0, 0.1) is 0 Å². The van der Waals surface area contributed by atoms with E-state index in [1.807, 2.05) is 0 Å². The van der Waals surface area contributed by atoms with Gasteiger partial charge >= 0.3 is 5.97 Å². The van der Waals surface area contributed by atoms with Gasteiger partial charge in [0.1, 0.15) is 0 Å². The topological polar surface area (TPSA) is 72.5 Å². The largest absolute Gasteiger partial charge is 0.462 e. The molecular weight excluding hydrogens is 246 g/mol. The Kier molecular flexibility index (Phi) is 3.94. The summed E-state index contributed by atoms with van der Waals surface area (Å²) in [6.07, 6.45) is 2.82. The van der Waals surface area contributed by atoms with E-state index in [-0.39, 0.29) is 16.7 Å². The van der Waals surface area contributed by atoms with Gasteiger partial charge in [0, 0.05) is 0 Å². The zero-order valence-electron chi connectivity index (χ0n) is 10.7. The molecule has 1 aliphatic rings. The molecule has 0 fully saturated rings. The van der Waals surface area contributed by atoms with Crippen LogP contribution in [-0.2, 0) is 4.74 Å². The molecule has 0 saturated heterocycles. The van der Waals surface area contributed by atoms with E-state index in [1.165, 1.54) is 12.1 Å². The number of amides is 2. The molecule has 1 heterocycles. The number of nitrogens with one attached hydrogen (secondary N) is 1. The molecule has 0 radical (unpaired) electrons. The highest BCUT2D eigenvalue weighted by Crippen LogP contribution is 2.20. The number of fused-ring (bicyclic) bond motifs is 1. The second-order valence-corrected chi connectivity index (χ2v) is 4.35. The molecule has 1 aromatic carbocycles. The van der Waals surface area contributed by atoms with Gasteiger partial charge in [-0.05, 0) is 18.6 Å². The SMILES string of the molecule is CCCCCOC(=O)c1cccc2c1C(=O)NC2=O. The average Bonchev–Trinajstić information content (AvgIpc) is 2.70. The summed E-state index contributed by atoms with van der Waals surface area (Å²) in [5.74, 6) is -1.57. The molecule has 0 aliphatic carbocycles. The molecule has 2 amide bonds. The number of rotatable bonds is 5. The smallest absolute Gasteiger partial charge is 0.338 e. The van der Waals surface area contributed by atoms with Crippen LogP contribution in [0.25, 0.3) is 0 Å². The second kappa shape index (κ2) is 5.65. The first-order chi connectivity index (χ1) is 9.15. The van der Waals surface area contributed by atoms with Gasteiger partial charge in [0.05, 0.1) is 23.3 Å². The molecule has 1 N–H and O–H groups in total. The third-order valence-corrected chi connectivity index (χ3v) is 2.96. The van der Waals surface area contributed by atoms with Crippen LogP contribution >= 0.6 is 0 Å². The summed E-state index contributed by atoms with van der Waals surface area (Å²) in [6, 6.07) is 4.59. The molecule has 1 aliphatic heterocycles. The van der Waals surface area contributed by atoms with Crippen LogP contribution < -0.4 is 5.32 Å². The van der Waals surface area contributed by atoms with Crippen molar-refractivity contribution in [3.8, 4) is 0 Å². The van der Waals surface area contributed by atoms with E-state index in [1.54, 1.807) is 6.07 Å². The van der Waals surface area contributed by atoms with E-state index in [0.717, 1.165) is 19.3 Å². The molecule has 19 heavy (non-hydrogen) atoms. The first-order valence-electron chi connectivity index (χ1n) is 6.31. The van der Waals surface area contributed by atoms with Crippen molar-refractivity contribution in [1.29, 1.82) is 0 Å². The summed E-state index contributed by atoms with van der Waals surface area (Å²) in [6.45, 7) is 2.38. The van der Waals surface area contributed by atoms with Crippen LogP contribution in [0.5, 0.6) is 0 Å². The number of hydrogen-bond acceptors (Lipinski definition) is 4. The van der Waals surface area contributed by atoms with Gasteiger partial charge in [-0.1, -0.05) is 25.8 Å². The summed E-state index contributed by atoms with van der Waals surface area (Å²) in [5, 5.41) is 2.17. The number of unbranched alkanes of at least 4 members (excludes halogenated alkanes) is 2. The van der Waals surface area contributed by atoms with Gasteiger partial charge in [-0.3, -0.25) is 14.9 Å². The fourth-order valence-electron chi connectivity index (χ4n) is 1.98. The Balaban J connectivity index is 2.15. The molecule has 5 nitrogen and oxygen atoms in total. The monoisotopic (exact) mass is 261 g/mol. The summed E-state index contributed by atoms with van der Waals surface area (Å²) in [7, 11) is 0. The maximum Gasteiger partial charge on any atom is 0.338 e. The Morgan fingerprint density at radius 2 is 2.00 bits per heavy atom. The van der Waals surface area contributed by atoms with Crippen molar-refractivity contribution in [3.05, 3.63) is 34.9 Å². The zero-order chi connectivity index (χ0) is 13.8. The first-order valence-corrected chi connectivity index (χ1v) is 6.31. The number of imide groups is 1. The number of hydrogen-bond donors (Lipinski definition) is 1. The summed E-state index contributed by atoms with van der Waals surface area (Å²) in [4.78, 5) is 35.0. The number of carbonyl (C=O) groups excluding carboxylic acids is 3. The fraction of sp³-hybridized carbons (Fsp3) is 0.357. The normalized spacial score (nSPS) is 13.1. The summed E-state index contributed by atoms with van der Waals surface area (Å²) in [5.41, 5.74) is 0.498. The van der Waals surface area contributed by atoms with E-state index in [2.05, 4.69) is 12.2 Å². The molecule has 1 aromatic rings. The molecule has 0 atom stereocenters. The van der Waals surface area contributed by atoms with E-state index >= 15 is 0 Å². The molecule has 0 spiro atoms. The van der Waals surface area contributed by atoms with Crippen LogP contribution in [0.4, 0.5) is 0 Å². The maximum atomic E-state index is 11.9. The average molecular weight is 261 g/mol. The highest BCUT2D eigenvalue weighted by atomic mass is 16.5. The van der Waals surface area contributed by atoms with Crippen LogP contribution in [-0.4, -0.2) is 24.4 Å². The lowest BCUT2D eigenvalue weighted by atomic mass is 10.0. The summed E-state index contributed by atoms with van der Waals surface area (Å²) >= 11 is 0. The Morgan fingerprint density at radius 1 is 1.21 bits per heavy atom. The minimum atomic E-state index is -0.558. The quantitative estimate of drug-likeness (QED) is 0.499. The fourth-order valence-corrected chi connectivity index (χ4v) is 1.98. The number of esters is 1. The van der Waals surface area contributed by atoms with Crippen molar-refractivity contribution in [2.24, 2.45) is 0 Å². The standard InChI is InChI=1S/C14H15NO4/c1-2-3-4-8-19-14(18)10-7-5-6-9-11(10)13(17)15-12(9)16/h5-7H,2-4,8H2,1H3,(H,15,16,17). The van der Waals surface area contributed by atoms with Crippen LogP contribution in [0.3, 0.4) is 0 Å². The number of ether oxygens (including phenoxy) is 1. The second-order valence-electron chi connectivity index (χ2n) is 4.35. The highest BCUT2D eigenvalue weighted by molar-refractivity contribution is 6.24. The minimum Gasteiger partial charge on any atom is -0.462 e. The van der Waals surface area contributed by atoms with Crippen molar-refractivity contribution in [1.82, 2.24) is 5.32 Å². The lowest BCUT2D eigenvalue weighted by molar-refractivity contribution is 0.0495. The van der Waals surface area contributed by atoms with Crippen molar-refractivity contribution >= 4 is 17.8 Å². The van der Waals surface area contributed by atoms with Gasteiger partial charge in [-0.15, -0.1) is 0 Å². The van der Waals surface area contributed by atoms with E-state index in [9.17, 15) is 14.4 Å². The number of carbonyl (C=O) groups is 3. The van der Waals surface area contributed by atoms with Crippen LogP contribution in [0.2, 0.25) is 0 Å². The Bertz CT molecular complexity index is 536. The third kappa shape index (κ3) is 2.65. The van der Waals surface area contributed by atoms with Gasteiger partial charge in [0.15, 0.2) is 0 Å². The van der Waals surface area contributed by atoms with Crippen molar-refractivity contribution < 1.29 is 19.1 Å². The zero-order valence-corrected chi connectivity index (χ0v) is 10.7. The van der Waals surface area contributed by atoms with Gasteiger partial charge in [-0.2, -0.15) is 0 Å². The van der Waals surface area contributed by atoms with Crippen LogP contribution in [0.15, 0.2) is 18.2 Å². The lowest BCUT2D eigenvalue weighted by Gasteiger charge is -2.06. The third-order valence-electron chi connectivity index (χ3n) is 2.96. The van der Waals surface area contributed by atoms with Crippen LogP contribution in [0.1, 0.15) is 57.3 Å². The molecule has 0 saturated carbocycles. The minimum absolute atomic E-state index is 0.119. The molecule has 0 aromatic heterocycles. The van der Waals surface area contributed by atoms with Gasteiger partial charge in [0.25, 0.3) is 11.8 Å². The predicted molar refractivity (Wildman–Crippen MR) is 68.0 cm³/mol. The molecular formula is C14H15NO4. The lowest BCUT2D eigenvalue weighted by Crippen LogP contribution is -2.21. The Labute approximate surface area is 110 Å². The molecule has 0 bridgehead atoms. The van der Waals surface area contributed by atoms with E-state index in [0.29, 0.717) is 6.61 Å².